The number of aryl methyl sites for hydroxylation is 1. The van der Waals surface area contributed by atoms with Crippen LogP contribution in [0.25, 0.3) is 11.4 Å². The van der Waals surface area contributed by atoms with Crippen molar-refractivity contribution < 1.29 is 9.63 Å². The zero-order valence-corrected chi connectivity index (χ0v) is 12.9. The maximum Gasteiger partial charge on any atom is 0.232 e. The van der Waals surface area contributed by atoms with Gasteiger partial charge in [0.2, 0.25) is 11.7 Å². The first-order valence-electron chi connectivity index (χ1n) is 6.93. The summed E-state index contributed by atoms with van der Waals surface area (Å²) >= 11 is 3.51. The monoisotopic (exact) mass is 336 g/mol. The molecule has 2 unspecified atom stereocenters. The molecular formula is C15H17BrN2O2. The summed E-state index contributed by atoms with van der Waals surface area (Å²) in [4.78, 5) is 4.47. The third-order valence-corrected chi connectivity index (χ3v) is 4.77. The summed E-state index contributed by atoms with van der Waals surface area (Å²) in [6.45, 7) is 2.04. The van der Waals surface area contributed by atoms with Gasteiger partial charge in [0.15, 0.2) is 0 Å². The first kappa shape index (κ1) is 13.8. The standard InChI is InChI=1S/C15H17BrN2O2/c1-9-6-7-10(8-12(9)16)14-17-15(20-18-14)11-4-2-3-5-13(11)19/h6-8,11,13,19H,2-5H2,1H3. The summed E-state index contributed by atoms with van der Waals surface area (Å²) < 4.78 is 6.39. The molecule has 0 spiro atoms. The number of hydrogen-bond acceptors (Lipinski definition) is 4. The van der Waals surface area contributed by atoms with Gasteiger partial charge in [0.25, 0.3) is 0 Å². The minimum atomic E-state index is -0.359. The molecule has 0 amide bonds. The molecule has 20 heavy (non-hydrogen) atoms. The van der Waals surface area contributed by atoms with Crippen molar-refractivity contribution in [2.24, 2.45) is 0 Å². The molecule has 1 saturated carbocycles. The molecule has 1 aromatic heterocycles. The number of rotatable bonds is 2. The second kappa shape index (κ2) is 5.66. The highest BCUT2D eigenvalue weighted by atomic mass is 79.9. The van der Waals surface area contributed by atoms with Gasteiger partial charge in [-0.15, -0.1) is 0 Å². The Bertz CT molecular complexity index is 612. The predicted molar refractivity (Wildman–Crippen MR) is 79.4 cm³/mol. The van der Waals surface area contributed by atoms with Gasteiger partial charge in [-0.25, -0.2) is 0 Å². The average Bonchev–Trinajstić information content (AvgIpc) is 2.92. The molecule has 0 radical (unpaired) electrons. The number of halogens is 1. The fraction of sp³-hybridized carbons (Fsp3) is 0.467. The molecule has 0 aliphatic heterocycles. The second-order valence-corrected chi connectivity index (χ2v) is 6.23. The maximum atomic E-state index is 10.0. The summed E-state index contributed by atoms with van der Waals surface area (Å²) in [6, 6.07) is 5.98. The molecule has 1 aromatic carbocycles. The van der Waals surface area contributed by atoms with Crippen LogP contribution >= 0.6 is 15.9 Å². The van der Waals surface area contributed by atoms with E-state index in [1.54, 1.807) is 0 Å². The largest absolute Gasteiger partial charge is 0.392 e. The first-order chi connectivity index (χ1) is 9.65. The van der Waals surface area contributed by atoms with Crippen LogP contribution in [-0.4, -0.2) is 21.4 Å². The fourth-order valence-corrected chi connectivity index (χ4v) is 3.01. The van der Waals surface area contributed by atoms with Crippen molar-refractivity contribution >= 4 is 15.9 Å². The number of benzene rings is 1. The maximum absolute atomic E-state index is 10.0. The summed E-state index contributed by atoms with van der Waals surface area (Å²) in [5, 5.41) is 14.1. The summed E-state index contributed by atoms with van der Waals surface area (Å²) in [5.74, 6) is 1.13. The zero-order chi connectivity index (χ0) is 14.1. The van der Waals surface area contributed by atoms with Crippen LogP contribution in [0.2, 0.25) is 0 Å². The normalized spacial score (nSPS) is 22.9. The van der Waals surface area contributed by atoms with E-state index < -0.39 is 0 Å². The van der Waals surface area contributed by atoms with E-state index >= 15 is 0 Å². The van der Waals surface area contributed by atoms with Crippen LogP contribution < -0.4 is 0 Å². The summed E-state index contributed by atoms with van der Waals surface area (Å²) in [7, 11) is 0. The number of hydrogen-bond donors (Lipinski definition) is 1. The van der Waals surface area contributed by atoms with Crippen molar-refractivity contribution in [3.63, 3.8) is 0 Å². The van der Waals surface area contributed by atoms with Crippen molar-refractivity contribution in [1.29, 1.82) is 0 Å². The SMILES string of the molecule is Cc1ccc(-c2noc(C3CCCCC3O)n2)cc1Br. The van der Waals surface area contributed by atoms with E-state index in [4.69, 9.17) is 4.52 Å². The Labute approximate surface area is 126 Å². The molecule has 106 valence electrons. The molecule has 2 aromatic rings. The van der Waals surface area contributed by atoms with Gasteiger partial charge in [-0.2, -0.15) is 4.98 Å². The Morgan fingerprint density at radius 3 is 2.85 bits per heavy atom. The highest BCUT2D eigenvalue weighted by molar-refractivity contribution is 9.10. The molecule has 0 bridgehead atoms. The third-order valence-electron chi connectivity index (χ3n) is 3.92. The van der Waals surface area contributed by atoms with E-state index in [-0.39, 0.29) is 12.0 Å². The molecule has 5 heteroatoms. The van der Waals surface area contributed by atoms with E-state index in [1.807, 2.05) is 25.1 Å². The number of aliphatic hydroxyl groups excluding tert-OH is 1. The van der Waals surface area contributed by atoms with Gasteiger partial charge in [-0.3, -0.25) is 0 Å². The number of aliphatic hydroxyl groups is 1. The Hall–Kier alpha value is -1.20. The summed E-state index contributed by atoms with van der Waals surface area (Å²) in [6.07, 6.45) is 3.56. The quantitative estimate of drug-likeness (QED) is 0.905. The predicted octanol–water partition coefficient (Wildman–Crippen LogP) is 3.83. The van der Waals surface area contributed by atoms with Crippen molar-refractivity contribution in [2.45, 2.75) is 44.6 Å². The molecule has 4 nitrogen and oxygen atoms in total. The van der Waals surface area contributed by atoms with Crippen LogP contribution in [-0.2, 0) is 0 Å². The minimum absolute atomic E-state index is 0.0149. The highest BCUT2D eigenvalue weighted by Gasteiger charge is 2.29. The van der Waals surface area contributed by atoms with Gasteiger partial charge in [0.05, 0.1) is 12.0 Å². The van der Waals surface area contributed by atoms with Crippen molar-refractivity contribution in [3.05, 3.63) is 34.1 Å². The van der Waals surface area contributed by atoms with Crippen LogP contribution in [0.5, 0.6) is 0 Å². The molecule has 3 rings (SSSR count). The van der Waals surface area contributed by atoms with Crippen LogP contribution in [0.4, 0.5) is 0 Å². The molecule has 1 aliphatic carbocycles. The lowest BCUT2D eigenvalue weighted by molar-refractivity contribution is 0.0908. The van der Waals surface area contributed by atoms with Gasteiger partial charge in [0.1, 0.15) is 0 Å². The fourth-order valence-electron chi connectivity index (χ4n) is 2.63. The molecule has 1 heterocycles. The molecule has 1 aliphatic rings. The smallest absolute Gasteiger partial charge is 0.232 e. The lowest BCUT2D eigenvalue weighted by atomic mass is 9.86. The van der Waals surface area contributed by atoms with E-state index in [9.17, 15) is 5.11 Å². The van der Waals surface area contributed by atoms with Crippen LogP contribution in [0.1, 0.15) is 43.1 Å². The van der Waals surface area contributed by atoms with Crippen molar-refractivity contribution in [2.75, 3.05) is 0 Å². The van der Waals surface area contributed by atoms with E-state index in [0.29, 0.717) is 11.7 Å². The molecule has 1 fully saturated rings. The van der Waals surface area contributed by atoms with E-state index in [0.717, 1.165) is 35.7 Å². The van der Waals surface area contributed by atoms with Gasteiger partial charge in [-0.1, -0.05) is 46.1 Å². The van der Waals surface area contributed by atoms with Crippen LogP contribution in [0.3, 0.4) is 0 Å². The molecular weight excluding hydrogens is 320 g/mol. The molecule has 2 atom stereocenters. The lowest BCUT2D eigenvalue weighted by Crippen LogP contribution is -2.22. The number of nitrogens with zero attached hydrogens (tertiary/aromatic N) is 2. The van der Waals surface area contributed by atoms with Crippen LogP contribution in [0, 0.1) is 6.92 Å². The molecule has 1 N–H and O–H groups in total. The van der Waals surface area contributed by atoms with Gasteiger partial charge in [0, 0.05) is 10.0 Å². The van der Waals surface area contributed by atoms with E-state index in [2.05, 4.69) is 26.1 Å². The number of aromatic nitrogens is 2. The average molecular weight is 337 g/mol. The third kappa shape index (κ3) is 2.65. The topological polar surface area (TPSA) is 59.2 Å². The Morgan fingerprint density at radius 1 is 1.30 bits per heavy atom. The lowest BCUT2D eigenvalue weighted by Gasteiger charge is -2.24. The van der Waals surface area contributed by atoms with Gasteiger partial charge < -0.3 is 9.63 Å². The Kier molecular flexibility index (Phi) is 3.89. The highest BCUT2D eigenvalue weighted by Crippen LogP contribution is 2.33. The van der Waals surface area contributed by atoms with Gasteiger partial charge in [-0.05, 0) is 31.4 Å². The molecule has 0 saturated heterocycles. The second-order valence-electron chi connectivity index (χ2n) is 5.38. The van der Waals surface area contributed by atoms with Crippen molar-refractivity contribution in [1.82, 2.24) is 10.1 Å². The minimum Gasteiger partial charge on any atom is -0.392 e. The Morgan fingerprint density at radius 2 is 2.10 bits per heavy atom. The van der Waals surface area contributed by atoms with Crippen molar-refractivity contribution in [3.8, 4) is 11.4 Å². The van der Waals surface area contributed by atoms with Gasteiger partial charge >= 0.3 is 0 Å². The Balaban J connectivity index is 1.87. The first-order valence-corrected chi connectivity index (χ1v) is 7.72. The van der Waals surface area contributed by atoms with Crippen LogP contribution in [0.15, 0.2) is 27.2 Å². The van der Waals surface area contributed by atoms with E-state index in [1.165, 1.54) is 5.56 Å². The summed E-state index contributed by atoms with van der Waals surface area (Å²) in [5.41, 5.74) is 2.09. The zero-order valence-electron chi connectivity index (χ0n) is 11.3.